The maximum absolute atomic E-state index is 13.1. The molecule has 0 aromatic heterocycles. The molecule has 6 heteroatoms. The number of benzene rings is 2. The summed E-state index contributed by atoms with van der Waals surface area (Å²) in [4.78, 5) is 13.1. The molecule has 1 unspecified atom stereocenters. The molecule has 1 aliphatic heterocycles. The molecule has 4 nitrogen and oxygen atoms in total. The number of nitrogens with zero attached hydrogens (tertiary/aromatic N) is 1. The van der Waals surface area contributed by atoms with E-state index in [1.54, 1.807) is 48.5 Å². The van der Waals surface area contributed by atoms with E-state index in [2.05, 4.69) is 14.1 Å². The van der Waals surface area contributed by atoms with Crippen LogP contribution in [0.25, 0.3) is 0 Å². The van der Waals surface area contributed by atoms with Crippen molar-refractivity contribution in [2.75, 3.05) is 27.2 Å². The van der Waals surface area contributed by atoms with Gasteiger partial charge in [-0.25, -0.2) is 4.79 Å². The minimum Gasteiger partial charge on any atom is -1.00 e. The fourth-order valence-corrected chi connectivity index (χ4v) is 3.50. The molecule has 3 rings (SSSR count). The third-order valence-electron chi connectivity index (χ3n) is 5.14. The SMILES string of the molecule is C[N+]1(C)CCC(OC(=O)C(O)(c2ccccc2)c2ccc(Cl)cc2)CC1.[I-]. The number of hydrogen-bond donors (Lipinski definition) is 1. The normalized spacial score (nSPS) is 18.8. The Morgan fingerprint density at radius 2 is 1.56 bits per heavy atom. The largest absolute Gasteiger partial charge is 1.00 e. The lowest BCUT2D eigenvalue weighted by Crippen LogP contribution is -3.00. The molecule has 27 heavy (non-hydrogen) atoms. The van der Waals surface area contributed by atoms with Gasteiger partial charge in [0.05, 0.1) is 27.2 Å². The number of aliphatic hydroxyl groups is 1. The Kier molecular flexibility index (Phi) is 7.30. The molecule has 0 radical (unpaired) electrons. The molecule has 2 aromatic rings. The number of esters is 1. The van der Waals surface area contributed by atoms with Crippen LogP contribution in [0.2, 0.25) is 5.02 Å². The Labute approximate surface area is 182 Å². The van der Waals surface area contributed by atoms with Crippen LogP contribution < -0.4 is 24.0 Å². The molecule has 1 aliphatic rings. The average Bonchev–Trinajstić information content (AvgIpc) is 2.64. The molecule has 0 spiro atoms. The highest BCUT2D eigenvalue weighted by Crippen LogP contribution is 2.33. The molecule has 0 amide bonds. The van der Waals surface area contributed by atoms with Gasteiger partial charge >= 0.3 is 5.97 Å². The molecule has 0 aliphatic carbocycles. The summed E-state index contributed by atoms with van der Waals surface area (Å²) in [5, 5.41) is 12.0. The van der Waals surface area contributed by atoms with Crippen LogP contribution in [0.5, 0.6) is 0 Å². The van der Waals surface area contributed by atoms with Crippen molar-refractivity contribution in [1.29, 1.82) is 0 Å². The van der Waals surface area contributed by atoms with Crippen LogP contribution in [0.4, 0.5) is 0 Å². The highest BCUT2D eigenvalue weighted by molar-refractivity contribution is 6.30. The number of quaternary nitrogens is 1. The first-order chi connectivity index (χ1) is 12.3. The summed E-state index contributed by atoms with van der Waals surface area (Å²) in [5.74, 6) is -0.636. The summed E-state index contributed by atoms with van der Waals surface area (Å²) in [6.07, 6.45) is 1.42. The molecule has 1 heterocycles. The first-order valence-electron chi connectivity index (χ1n) is 8.88. The standard InChI is InChI=1S/C21H25ClNO3.HI/c1-23(2)14-12-19(13-15-23)26-20(24)21(25,16-6-4-3-5-7-16)17-8-10-18(22)11-9-17;/h3-11,19,25H,12-15H2,1-2H3;1H/q+1;/p-1. The number of ether oxygens (including phenoxy) is 1. The predicted molar refractivity (Wildman–Crippen MR) is 102 cm³/mol. The van der Waals surface area contributed by atoms with E-state index in [0.29, 0.717) is 16.1 Å². The van der Waals surface area contributed by atoms with Crippen LogP contribution in [0.15, 0.2) is 54.6 Å². The summed E-state index contributed by atoms with van der Waals surface area (Å²) in [6, 6.07) is 15.6. The van der Waals surface area contributed by atoms with Gasteiger partial charge in [-0.2, -0.15) is 0 Å². The predicted octanol–water partition coefficient (Wildman–Crippen LogP) is 0.362. The zero-order valence-corrected chi connectivity index (χ0v) is 18.5. The van der Waals surface area contributed by atoms with Crippen LogP contribution >= 0.6 is 11.6 Å². The number of carbonyl (C=O) groups is 1. The van der Waals surface area contributed by atoms with Gasteiger partial charge in [-0.05, 0) is 23.3 Å². The van der Waals surface area contributed by atoms with Crippen LogP contribution in [-0.4, -0.2) is 48.8 Å². The Balaban J connectivity index is 0.00000261. The molecule has 1 N–H and O–H groups in total. The topological polar surface area (TPSA) is 46.5 Å². The molecule has 1 fully saturated rings. The van der Waals surface area contributed by atoms with Crippen LogP contribution in [-0.2, 0) is 15.1 Å². The number of hydrogen-bond acceptors (Lipinski definition) is 3. The van der Waals surface area contributed by atoms with E-state index >= 15 is 0 Å². The lowest BCUT2D eigenvalue weighted by molar-refractivity contribution is -0.896. The van der Waals surface area contributed by atoms with E-state index in [1.165, 1.54) is 0 Å². The third-order valence-corrected chi connectivity index (χ3v) is 5.39. The summed E-state index contributed by atoms with van der Waals surface area (Å²) in [7, 11) is 4.35. The summed E-state index contributed by atoms with van der Waals surface area (Å²) in [5.41, 5.74) is -0.919. The first-order valence-corrected chi connectivity index (χ1v) is 9.26. The van der Waals surface area contributed by atoms with Gasteiger partial charge < -0.3 is 38.3 Å². The van der Waals surface area contributed by atoms with E-state index in [-0.39, 0.29) is 30.1 Å². The number of rotatable bonds is 4. The van der Waals surface area contributed by atoms with Gasteiger partial charge in [0.25, 0.3) is 0 Å². The van der Waals surface area contributed by atoms with Crippen molar-refractivity contribution < 1.29 is 43.1 Å². The van der Waals surface area contributed by atoms with Crippen LogP contribution in [0.1, 0.15) is 24.0 Å². The highest BCUT2D eigenvalue weighted by atomic mass is 127. The molecule has 2 aromatic carbocycles. The smallest absolute Gasteiger partial charge is 0.347 e. The van der Waals surface area contributed by atoms with Crippen molar-refractivity contribution in [2.45, 2.75) is 24.5 Å². The van der Waals surface area contributed by atoms with Gasteiger partial charge in [0.2, 0.25) is 5.60 Å². The Bertz CT molecular complexity index is 757. The monoisotopic (exact) mass is 501 g/mol. The molecule has 0 bridgehead atoms. The zero-order chi connectivity index (χ0) is 18.8. The quantitative estimate of drug-likeness (QED) is 0.374. The summed E-state index contributed by atoms with van der Waals surface area (Å²) in [6.45, 7) is 1.89. The number of likely N-dealkylation sites (tertiary alicyclic amines) is 1. The van der Waals surface area contributed by atoms with Gasteiger partial charge in [0.1, 0.15) is 6.10 Å². The molecule has 146 valence electrons. The number of piperidine rings is 1. The second-order valence-corrected chi connectivity index (χ2v) is 8.01. The minimum atomic E-state index is -1.85. The Hall–Kier alpha value is -1.15. The van der Waals surface area contributed by atoms with Gasteiger partial charge in [0.15, 0.2) is 0 Å². The lowest BCUT2D eigenvalue weighted by atomic mass is 9.86. The van der Waals surface area contributed by atoms with Gasteiger partial charge in [0, 0.05) is 17.9 Å². The van der Waals surface area contributed by atoms with Crippen molar-refractivity contribution in [2.24, 2.45) is 0 Å². The van der Waals surface area contributed by atoms with Crippen LogP contribution in [0, 0.1) is 0 Å². The van der Waals surface area contributed by atoms with Gasteiger partial charge in [-0.1, -0.05) is 54.1 Å². The number of halogens is 2. The molecule has 0 saturated carbocycles. The maximum atomic E-state index is 13.1. The van der Waals surface area contributed by atoms with Gasteiger partial charge in [-0.3, -0.25) is 0 Å². The highest BCUT2D eigenvalue weighted by Gasteiger charge is 2.43. The van der Waals surface area contributed by atoms with E-state index in [1.807, 2.05) is 6.07 Å². The van der Waals surface area contributed by atoms with Crippen molar-refractivity contribution in [3.8, 4) is 0 Å². The molecular formula is C21H25ClINO3. The minimum absolute atomic E-state index is 0. The number of carbonyl (C=O) groups excluding carboxylic acids is 1. The maximum Gasteiger partial charge on any atom is 0.347 e. The molecule has 1 atom stereocenters. The fourth-order valence-electron chi connectivity index (χ4n) is 3.37. The fraction of sp³-hybridized carbons (Fsp3) is 0.381. The van der Waals surface area contributed by atoms with E-state index < -0.39 is 11.6 Å². The lowest BCUT2D eigenvalue weighted by Gasteiger charge is -2.38. The van der Waals surface area contributed by atoms with Crippen molar-refractivity contribution >= 4 is 17.6 Å². The third kappa shape index (κ3) is 5.02. The average molecular weight is 502 g/mol. The Morgan fingerprint density at radius 3 is 2.11 bits per heavy atom. The van der Waals surface area contributed by atoms with Crippen LogP contribution in [0.3, 0.4) is 0 Å². The Morgan fingerprint density at radius 1 is 1.04 bits per heavy atom. The second kappa shape index (κ2) is 8.90. The second-order valence-electron chi connectivity index (χ2n) is 7.57. The van der Waals surface area contributed by atoms with Crippen molar-refractivity contribution in [1.82, 2.24) is 0 Å². The molecular weight excluding hydrogens is 477 g/mol. The van der Waals surface area contributed by atoms with E-state index in [9.17, 15) is 9.90 Å². The van der Waals surface area contributed by atoms with Gasteiger partial charge in [-0.15, -0.1) is 0 Å². The summed E-state index contributed by atoms with van der Waals surface area (Å²) < 4.78 is 6.68. The molecule has 1 saturated heterocycles. The summed E-state index contributed by atoms with van der Waals surface area (Å²) >= 11 is 5.97. The van der Waals surface area contributed by atoms with E-state index in [0.717, 1.165) is 30.4 Å². The first kappa shape index (κ1) is 22.1. The van der Waals surface area contributed by atoms with Crippen molar-refractivity contribution in [3.05, 3.63) is 70.7 Å². The zero-order valence-electron chi connectivity index (χ0n) is 15.6. The van der Waals surface area contributed by atoms with E-state index in [4.69, 9.17) is 16.3 Å². The van der Waals surface area contributed by atoms with Crippen molar-refractivity contribution in [3.63, 3.8) is 0 Å².